The minimum Gasteiger partial charge on any atom is -1.00 e. The minimum absolute atomic E-state index is 0. The van der Waals surface area contributed by atoms with Crippen molar-refractivity contribution in [1.82, 2.24) is 0 Å². The van der Waals surface area contributed by atoms with Gasteiger partial charge in [-0.05, 0) is 25.7 Å². The molecular weight excluding hydrogens is 524 g/mol. The normalized spacial score (nSPS) is 12.3. The van der Waals surface area contributed by atoms with E-state index in [1.165, 1.54) is 193 Å². The summed E-state index contributed by atoms with van der Waals surface area (Å²) in [5.41, 5.74) is 11.5. The molecule has 0 aromatic carbocycles. The highest BCUT2D eigenvalue weighted by atomic mass is 35.5. The SMILES string of the molecule is CCCCCCCCCCCCCCCC[N+](C)(CCCCCCCCCCCCCCCC)C(C)N=C(N)N.[Cl-]. The number of rotatable bonds is 32. The van der Waals surface area contributed by atoms with Gasteiger partial charge in [0.05, 0.1) is 20.1 Å². The highest BCUT2D eigenvalue weighted by Crippen LogP contribution is 2.19. The second-order valence-electron chi connectivity index (χ2n) is 13.3. The number of quaternary nitrogens is 1. The monoisotopic (exact) mass is 601 g/mol. The largest absolute Gasteiger partial charge is 1.00 e. The van der Waals surface area contributed by atoms with Crippen molar-refractivity contribution in [2.45, 2.75) is 207 Å². The first-order chi connectivity index (χ1) is 19.5. The summed E-state index contributed by atoms with van der Waals surface area (Å²) in [6, 6.07) is 0. The maximum Gasteiger partial charge on any atom is 0.191 e. The fraction of sp³-hybridized carbons (Fsp3) is 0.972. The van der Waals surface area contributed by atoms with Crippen LogP contribution in [0.5, 0.6) is 0 Å². The zero-order chi connectivity index (χ0) is 29.6. The maximum atomic E-state index is 5.77. The van der Waals surface area contributed by atoms with Crippen LogP contribution in [0.3, 0.4) is 0 Å². The molecule has 0 aliphatic rings. The van der Waals surface area contributed by atoms with Gasteiger partial charge in [-0.25, -0.2) is 0 Å². The van der Waals surface area contributed by atoms with Crippen molar-refractivity contribution in [1.29, 1.82) is 0 Å². The molecule has 0 aliphatic carbocycles. The summed E-state index contributed by atoms with van der Waals surface area (Å²) in [4.78, 5) is 4.56. The Morgan fingerprint density at radius 2 is 0.683 bits per heavy atom. The Morgan fingerprint density at radius 1 is 0.463 bits per heavy atom. The van der Waals surface area contributed by atoms with Crippen molar-refractivity contribution in [3.63, 3.8) is 0 Å². The number of nitrogens with two attached hydrogens (primary N) is 2. The van der Waals surface area contributed by atoms with Crippen LogP contribution in [0.1, 0.15) is 201 Å². The van der Waals surface area contributed by atoms with Gasteiger partial charge in [0, 0.05) is 6.92 Å². The Kier molecular flexibility index (Phi) is 33.7. The Morgan fingerprint density at radius 3 is 0.902 bits per heavy atom. The third-order valence-corrected chi connectivity index (χ3v) is 9.28. The first-order valence-corrected chi connectivity index (χ1v) is 18.4. The van der Waals surface area contributed by atoms with E-state index in [-0.39, 0.29) is 24.5 Å². The molecule has 0 aromatic heterocycles. The maximum absolute atomic E-state index is 5.77. The van der Waals surface area contributed by atoms with Crippen LogP contribution in [0.25, 0.3) is 0 Å². The van der Waals surface area contributed by atoms with Crippen LogP contribution in [0.15, 0.2) is 4.99 Å². The van der Waals surface area contributed by atoms with Gasteiger partial charge in [0.1, 0.15) is 0 Å². The van der Waals surface area contributed by atoms with Gasteiger partial charge in [-0.2, -0.15) is 4.99 Å². The fourth-order valence-electron chi connectivity index (χ4n) is 6.18. The minimum atomic E-state index is 0. The Hall–Kier alpha value is -0.480. The predicted molar refractivity (Wildman–Crippen MR) is 182 cm³/mol. The standard InChI is InChI=1S/C36H77N4.ClH/c1-5-7-9-11-13-15-17-19-21-23-25-27-29-31-33-40(4,35(3)39-36(37)38)34-32-30-28-26-24-22-20-18-16-14-12-10-8-6-2;/h35H,5-34H2,1-4H3,(H4,37,38,39);1H/q+1;/p-1. The molecule has 4 N–H and O–H groups in total. The summed E-state index contributed by atoms with van der Waals surface area (Å²) in [6.07, 6.45) is 39.6. The number of nitrogens with zero attached hydrogens (tertiary/aromatic N) is 2. The van der Waals surface area contributed by atoms with E-state index in [2.05, 4.69) is 32.8 Å². The molecule has 4 nitrogen and oxygen atoms in total. The summed E-state index contributed by atoms with van der Waals surface area (Å²) >= 11 is 0. The molecule has 0 heterocycles. The van der Waals surface area contributed by atoms with Gasteiger partial charge >= 0.3 is 0 Å². The first-order valence-electron chi connectivity index (χ1n) is 18.4. The number of hydrogen-bond donors (Lipinski definition) is 2. The molecular formula is C36H77ClN4. The Labute approximate surface area is 265 Å². The quantitative estimate of drug-likeness (QED) is 0.0355. The van der Waals surface area contributed by atoms with E-state index >= 15 is 0 Å². The van der Waals surface area contributed by atoms with Gasteiger partial charge in [-0.3, -0.25) is 0 Å². The molecule has 0 fully saturated rings. The van der Waals surface area contributed by atoms with E-state index in [1.807, 2.05) is 0 Å². The van der Waals surface area contributed by atoms with Crippen molar-refractivity contribution in [2.24, 2.45) is 16.5 Å². The van der Waals surface area contributed by atoms with Crippen LogP contribution >= 0.6 is 0 Å². The third-order valence-electron chi connectivity index (χ3n) is 9.28. The van der Waals surface area contributed by atoms with Gasteiger partial charge in [0.25, 0.3) is 0 Å². The van der Waals surface area contributed by atoms with Crippen LogP contribution < -0.4 is 23.9 Å². The van der Waals surface area contributed by atoms with Crippen LogP contribution in [0.4, 0.5) is 0 Å². The lowest BCUT2D eigenvalue weighted by molar-refractivity contribution is -0.931. The molecule has 5 heteroatoms. The van der Waals surface area contributed by atoms with E-state index in [1.54, 1.807) is 0 Å². The van der Waals surface area contributed by atoms with Crippen molar-refractivity contribution < 1.29 is 16.9 Å². The highest BCUT2D eigenvalue weighted by Gasteiger charge is 2.28. The van der Waals surface area contributed by atoms with E-state index < -0.39 is 0 Å². The summed E-state index contributed by atoms with van der Waals surface area (Å²) in [7, 11) is 2.38. The summed E-state index contributed by atoms with van der Waals surface area (Å²) in [6.45, 7) is 9.18. The van der Waals surface area contributed by atoms with E-state index in [4.69, 9.17) is 11.5 Å². The Bertz CT molecular complexity index is 504. The smallest absolute Gasteiger partial charge is 0.191 e. The number of halogens is 1. The van der Waals surface area contributed by atoms with Crippen molar-refractivity contribution in [3.8, 4) is 0 Å². The second kappa shape index (κ2) is 32.4. The predicted octanol–water partition coefficient (Wildman–Crippen LogP) is 8.02. The average molecular weight is 601 g/mol. The Balaban J connectivity index is 0. The molecule has 1 unspecified atom stereocenters. The molecule has 0 bridgehead atoms. The molecule has 0 aliphatic heterocycles. The number of unbranched alkanes of at least 4 members (excludes halogenated alkanes) is 26. The highest BCUT2D eigenvalue weighted by molar-refractivity contribution is 5.75. The number of aliphatic imine (C=N–C) groups is 1. The van der Waals surface area contributed by atoms with E-state index in [0.717, 1.165) is 4.48 Å². The van der Waals surface area contributed by atoms with Crippen LogP contribution in [-0.4, -0.2) is 36.7 Å². The lowest BCUT2D eigenvalue weighted by Gasteiger charge is -2.38. The summed E-state index contributed by atoms with van der Waals surface area (Å²) in [5.74, 6) is 0.235. The van der Waals surface area contributed by atoms with Crippen molar-refractivity contribution >= 4 is 5.96 Å². The molecule has 0 saturated carbocycles. The van der Waals surface area contributed by atoms with Crippen LogP contribution in [0, 0.1) is 0 Å². The molecule has 0 aromatic rings. The second-order valence-corrected chi connectivity index (χ2v) is 13.3. The average Bonchev–Trinajstić information content (AvgIpc) is 2.93. The molecule has 0 rings (SSSR count). The zero-order valence-electron chi connectivity index (χ0n) is 28.7. The first kappa shape index (κ1) is 42.7. The molecule has 0 radical (unpaired) electrons. The summed E-state index contributed by atoms with van der Waals surface area (Å²) < 4.78 is 0.981. The number of hydrogen-bond acceptors (Lipinski definition) is 1. The molecule has 0 saturated heterocycles. The molecule has 0 spiro atoms. The zero-order valence-corrected chi connectivity index (χ0v) is 29.5. The van der Waals surface area contributed by atoms with Gasteiger partial charge in [-0.1, -0.05) is 168 Å². The fourth-order valence-corrected chi connectivity index (χ4v) is 6.18. The van der Waals surface area contributed by atoms with Gasteiger partial charge in [0.2, 0.25) is 0 Å². The number of guanidine groups is 1. The van der Waals surface area contributed by atoms with Crippen LogP contribution in [-0.2, 0) is 0 Å². The lowest BCUT2D eigenvalue weighted by Crippen LogP contribution is -3.00. The van der Waals surface area contributed by atoms with E-state index in [0.29, 0.717) is 0 Å². The lowest BCUT2D eigenvalue weighted by atomic mass is 10.0. The van der Waals surface area contributed by atoms with Gasteiger partial charge in [-0.15, -0.1) is 0 Å². The van der Waals surface area contributed by atoms with E-state index in [9.17, 15) is 0 Å². The van der Waals surface area contributed by atoms with Crippen LogP contribution in [0.2, 0.25) is 0 Å². The van der Waals surface area contributed by atoms with Gasteiger partial charge in [0.15, 0.2) is 12.1 Å². The third kappa shape index (κ3) is 29.4. The van der Waals surface area contributed by atoms with Crippen molar-refractivity contribution in [2.75, 3.05) is 20.1 Å². The topological polar surface area (TPSA) is 64.4 Å². The van der Waals surface area contributed by atoms with Crippen molar-refractivity contribution in [3.05, 3.63) is 0 Å². The summed E-state index contributed by atoms with van der Waals surface area (Å²) in [5, 5.41) is 0. The molecule has 0 amide bonds. The molecule has 1 atom stereocenters. The molecule has 248 valence electrons. The van der Waals surface area contributed by atoms with Gasteiger partial charge < -0.3 is 28.4 Å². The molecule has 41 heavy (non-hydrogen) atoms.